The van der Waals surface area contributed by atoms with Crippen LogP contribution in [0, 0.1) is 6.92 Å². The van der Waals surface area contributed by atoms with E-state index < -0.39 is 0 Å². The van der Waals surface area contributed by atoms with Gasteiger partial charge in [-0.25, -0.2) is 4.99 Å². The molecule has 0 radical (unpaired) electrons. The van der Waals surface area contributed by atoms with Gasteiger partial charge < -0.3 is 19.8 Å². The molecule has 0 aliphatic heterocycles. The number of guanidine groups is 1. The maximum atomic E-state index is 6.12. The normalized spacial score (nSPS) is 11.4. The summed E-state index contributed by atoms with van der Waals surface area (Å²) >= 11 is 14.0. The van der Waals surface area contributed by atoms with Gasteiger partial charge in [-0.1, -0.05) is 23.2 Å². The molecule has 2 rings (SSSR count). The first-order chi connectivity index (χ1) is 12.4. The molecule has 27 heavy (non-hydrogen) atoms. The van der Waals surface area contributed by atoms with Gasteiger partial charge in [0.15, 0.2) is 11.8 Å². The van der Waals surface area contributed by atoms with Crippen LogP contribution in [-0.2, 0) is 27.2 Å². The number of hydrogen-bond donors (Lipinski definition) is 2. The molecule has 2 aromatic rings. The van der Waals surface area contributed by atoms with Crippen molar-refractivity contribution >= 4 is 64.9 Å². The zero-order chi connectivity index (χ0) is 19.1. The molecule has 0 spiro atoms. The van der Waals surface area contributed by atoms with Crippen LogP contribution in [0.1, 0.15) is 23.8 Å². The Morgan fingerprint density at radius 3 is 2.52 bits per heavy atom. The summed E-state index contributed by atoms with van der Waals surface area (Å²) < 4.78 is 3.79. The van der Waals surface area contributed by atoms with E-state index in [0.717, 1.165) is 42.0 Å². The van der Waals surface area contributed by atoms with E-state index in [9.17, 15) is 0 Å². The average Bonchev–Trinajstić information content (AvgIpc) is 3.07. The SMILES string of the molecule is CSCCCNC(=NCc1cc(Cl)c(Cl)n1C)NCc1nnc(C)n1C.I. The molecule has 0 bridgehead atoms. The summed E-state index contributed by atoms with van der Waals surface area (Å²) in [4.78, 5) is 4.65. The lowest BCUT2D eigenvalue weighted by Gasteiger charge is -2.12. The van der Waals surface area contributed by atoms with Crippen molar-refractivity contribution in [2.75, 3.05) is 18.6 Å². The zero-order valence-corrected chi connectivity index (χ0v) is 20.6. The first kappa shape index (κ1) is 24.4. The highest BCUT2D eigenvalue weighted by atomic mass is 127. The Morgan fingerprint density at radius 1 is 1.22 bits per heavy atom. The van der Waals surface area contributed by atoms with Crippen LogP contribution in [0.5, 0.6) is 0 Å². The Kier molecular flexibility index (Phi) is 10.9. The average molecular weight is 546 g/mol. The molecule has 0 atom stereocenters. The number of aromatic nitrogens is 4. The molecule has 0 saturated carbocycles. The van der Waals surface area contributed by atoms with Crippen molar-refractivity contribution < 1.29 is 0 Å². The van der Waals surface area contributed by atoms with E-state index in [4.69, 9.17) is 23.2 Å². The number of nitrogens with one attached hydrogen (secondary N) is 2. The van der Waals surface area contributed by atoms with Gasteiger partial charge in [0, 0.05) is 26.3 Å². The van der Waals surface area contributed by atoms with E-state index in [2.05, 4.69) is 32.1 Å². The highest BCUT2D eigenvalue weighted by Gasteiger charge is 2.10. The predicted octanol–water partition coefficient (Wildman–Crippen LogP) is 3.38. The van der Waals surface area contributed by atoms with Crippen LogP contribution in [0.4, 0.5) is 0 Å². The van der Waals surface area contributed by atoms with Crippen LogP contribution in [-0.4, -0.2) is 43.8 Å². The summed E-state index contributed by atoms with van der Waals surface area (Å²) in [6.45, 7) is 3.78. The van der Waals surface area contributed by atoms with E-state index in [-0.39, 0.29) is 24.0 Å². The number of aryl methyl sites for hydroxylation is 1. The van der Waals surface area contributed by atoms with E-state index >= 15 is 0 Å². The second-order valence-corrected chi connectivity index (χ2v) is 7.60. The summed E-state index contributed by atoms with van der Waals surface area (Å²) in [5, 5.41) is 16.0. The van der Waals surface area contributed by atoms with Crippen LogP contribution < -0.4 is 10.6 Å². The molecule has 0 fully saturated rings. The minimum Gasteiger partial charge on any atom is -0.356 e. The second kappa shape index (κ2) is 12.0. The zero-order valence-electron chi connectivity index (χ0n) is 15.9. The third-order valence-corrected chi connectivity index (χ3v) is 5.57. The Labute approximate surface area is 191 Å². The third kappa shape index (κ3) is 7.03. The van der Waals surface area contributed by atoms with Gasteiger partial charge in [-0.05, 0) is 31.4 Å². The van der Waals surface area contributed by atoms with Gasteiger partial charge in [0.2, 0.25) is 0 Å². The fourth-order valence-corrected chi connectivity index (χ4v) is 3.11. The Bertz CT molecular complexity index is 760. The monoisotopic (exact) mass is 545 g/mol. The van der Waals surface area contributed by atoms with Crippen molar-refractivity contribution in [3.05, 3.63) is 33.6 Å². The highest BCUT2D eigenvalue weighted by Crippen LogP contribution is 2.25. The Morgan fingerprint density at radius 2 is 1.96 bits per heavy atom. The van der Waals surface area contributed by atoms with Crippen molar-refractivity contribution in [2.24, 2.45) is 19.1 Å². The standard InChI is InChI=1S/C16H25Cl2N7S.HI/c1-11-22-23-14(24(11)2)10-21-16(19-6-5-7-26-4)20-9-12-8-13(17)15(18)25(12)3;/h8H,5-7,9-10H2,1-4H3,(H2,19,20,21);1H. The van der Waals surface area contributed by atoms with Gasteiger partial charge in [0.1, 0.15) is 11.0 Å². The van der Waals surface area contributed by atoms with E-state index in [1.807, 2.05) is 48.0 Å². The molecular weight excluding hydrogens is 520 g/mol. The van der Waals surface area contributed by atoms with Crippen LogP contribution in [0.25, 0.3) is 0 Å². The molecule has 7 nitrogen and oxygen atoms in total. The fraction of sp³-hybridized carbons (Fsp3) is 0.562. The molecule has 2 heterocycles. The molecule has 2 N–H and O–H groups in total. The summed E-state index contributed by atoms with van der Waals surface area (Å²) in [5.74, 6) is 3.55. The van der Waals surface area contributed by atoms with E-state index in [1.54, 1.807) is 0 Å². The Balaban J connectivity index is 0.00000364. The summed E-state index contributed by atoms with van der Waals surface area (Å²) in [6.07, 6.45) is 3.17. The molecule has 152 valence electrons. The first-order valence-electron chi connectivity index (χ1n) is 8.29. The number of nitrogens with zero attached hydrogens (tertiary/aromatic N) is 5. The van der Waals surface area contributed by atoms with Crippen LogP contribution in [0.15, 0.2) is 11.1 Å². The minimum absolute atomic E-state index is 0. The molecule has 0 aliphatic carbocycles. The van der Waals surface area contributed by atoms with Gasteiger partial charge >= 0.3 is 0 Å². The van der Waals surface area contributed by atoms with Crippen molar-refractivity contribution in [1.29, 1.82) is 0 Å². The number of hydrogen-bond acceptors (Lipinski definition) is 4. The van der Waals surface area contributed by atoms with Gasteiger partial charge in [-0.15, -0.1) is 34.2 Å². The lowest BCUT2D eigenvalue weighted by molar-refractivity contribution is 0.708. The van der Waals surface area contributed by atoms with Crippen molar-refractivity contribution in [3.63, 3.8) is 0 Å². The number of rotatable bonds is 8. The molecule has 0 unspecified atom stereocenters. The number of halogens is 3. The van der Waals surface area contributed by atoms with Crippen LogP contribution >= 0.6 is 58.9 Å². The lowest BCUT2D eigenvalue weighted by Crippen LogP contribution is -2.38. The maximum absolute atomic E-state index is 6.12. The largest absolute Gasteiger partial charge is 0.356 e. The van der Waals surface area contributed by atoms with E-state index in [1.165, 1.54) is 0 Å². The van der Waals surface area contributed by atoms with Crippen LogP contribution in [0.2, 0.25) is 10.2 Å². The molecule has 11 heteroatoms. The summed E-state index contributed by atoms with van der Waals surface area (Å²) in [6, 6.07) is 1.84. The smallest absolute Gasteiger partial charge is 0.192 e. The molecule has 0 amide bonds. The van der Waals surface area contributed by atoms with Gasteiger partial charge in [0.25, 0.3) is 0 Å². The second-order valence-electron chi connectivity index (χ2n) is 5.85. The fourth-order valence-electron chi connectivity index (χ4n) is 2.27. The van der Waals surface area contributed by atoms with Gasteiger partial charge in [-0.2, -0.15) is 11.8 Å². The van der Waals surface area contributed by atoms with E-state index in [0.29, 0.717) is 23.3 Å². The summed E-state index contributed by atoms with van der Waals surface area (Å²) in [5.41, 5.74) is 0.944. The van der Waals surface area contributed by atoms with Crippen molar-refractivity contribution in [1.82, 2.24) is 30.0 Å². The maximum Gasteiger partial charge on any atom is 0.192 e. The number of aliphatic imine (C=N–C) groups is 1. The summed E-state index contributed by atoms with van der Waals surface area (Å²) in [7, 11) is 3.82. The van der Waals surface area contributed by atoms with Crippen molar-refractivity contribution in [3.8, 4) is 0 Å². The molecule has 0 aliphatic rings. The minimum atomic E-state index is 0. The molecule has 0 saturated heterocycles. The molecule has 0 aromatic carbocycles. The first-order valence-corrected chi connectivity index (χ1v) is 10.4. The van der Waals surface area contributed by atoms with Crippen LogP contribution in [0.3, 0.4) is 0 Å². The van der Waals surface area contributed by atoms with Crippen molar-refractivity contribution in [2.45, 2.75) is 26.4 Å². The Hall–Kier alpha value is -0.650. The molecular formula is C16H26Cl2IN7S. The number of thioether (sulfide) groups is 1. The third-order valence-electron chi connectivity index (χ3n) is 4.03. The van der Waals surface area contributed by atoms with Gasteiger partial charge in [-0.3, -0.25) is 0 Å². The highest BCUT2D eigenvalue weighted by molar-refractivity contribution is 14.0. The van der Waals surface area contributed by atoms with Gasteiger partial charge in [0.05, 0.1) is 18.1 Å². The quantitative estimate of drug-likeness (QED) is 0.230. The molecule has 2 aromatic heterocycles. The topological polar surface area (TPSA) is 72.1 Å². The predicted molar refractivity (Wildman–Crippen MR) is 126 cm³/mol. The lowest BCUT2D eigenvalue weighted by atomic mass is 10.4.